The predicted molar refractivity (Wildman–Crippen MR) is 161 cm³/mol. The number of carbonyl (C=O) groups is 2. The van der Waals surface area contributed by atoms with Crippen LogP contribution in [0.4, 0.5) is 0 Å². The van der Waals surface area contributed by atoms with E-state index in [1.54, 1.807) is 51.7 Å². The van der Waals surface area contributed by atoms with Gasteiger partial charge in [0.25, 0.3) is 0 Å². The van der Waals surface area contributed by atoms with Crippen LogP contribution < -0.4 is 0 Å². The van der Waals surface area contributed by atoms with E-state index in [-0.39, 0.29) is 31.4 Å². The zero-order valence-corrected chi connectivity index (χ0v) is 27.4. The summed E-state index contributed by atoms with van der Waals surface area (Å²) in [6.07, 6.45) is -4.43. The zero-order chi connectivity index (χ0) is 33.0. The van der Waals surface area contributed by atoms with Crippen LogP contribution in [0.3, 0.4) is 0 Å². The number of hydrogen-bond donors (Lipinski definition) is 3. The fourth-order valence-electron chi connectivity index (χ4n) is 12.3. The average molecular weight is 646 g/mol. The molecular formula is C34H47NO11. The summed E-state index contributed by atoms with van der Waals surface area (Å²) in [6.45, 7) is 4.56. The molecule has 12 nitrogen and oxygen atoms in total. The van der Waals surface area contributed by atoms with Crippen LogP contribution >= 0.6 is 0 Å². The maximum Gasteiger partial charge on any atom is 0.338 e. The highest BCUT2D eigenvalue weighted by Crippen LogP contribution is 2.81. The van der Waals surface area contributed by atoms with Crippen molar-refractivity contribution in [2.24, 2.45) is 28.6 Å². The maximum absolute atomic E-state index is 13.8. The number of benzene rings is 1. The van der Waals surface area contributed by atoms with Crippen molar-refractivity contribution >= 4 is 11.9 Å². The van der Waals surface area contributed by atoms with Crippen molar-refractivity contribution in [3.05, 3.63) is 35.9 Å². The molecule has 5 aliphatic carbocycles. The topological polar surface area (TPSA) is 153 Å². The molecular weight excluding hydrogens is 598 g/mol. The first-order chi connectivity index (χ1) is 21.9. The lowest BCUT2D eigenvalue weighted by Crippen LogP contribution is -2.84. The highest BCUT2D eigenvalue weighted by Gasteiger charge is 2.95. The van der Waals surface area contributed by atoms with Crippen LogP contribution in [0.15, 0.2) is 30.3 Å². The smallest absolute Gasteiger partial charge is 0.338 e. The van der Waals surface area contributed by atoms with Crippen molar-refractivity contribution < 1.29 is 53.3 Å². The van der Waals surface area contributed by atoms with Crippen molar-refractivity contribution in [2.45, 2.75) is 86.5 Å². The number of hydrogen-bond acceptors (Lipinski definition) is 12. The number of aliphatic hydroxyl groups excluding tert-OH is 1. The molecule has 1 heterocycles. The Kier molecular flexibility index (Phi) is 7.51. The maximum atomic E-state index is 13.8. The molecule has 1 unspecified atom stereocenters. The minimum absolute atomic E-state index is 0.0464. The molecule has 254 valence electrons. The molecule has 7 rings (SSSR count). The van der Waals surface area contributed by atoms with Crippen molar-refractivity contribution in [2.75, 3.05) is 48.1 Å². The molecule has 46 heavy (non-hydrogen) atoms. The van der Waals surface area contributed by atoms with Crippen LogP contribution in [0.25, 0.3) is 0 Å². The van der Waals surface area contributed by atoms with Crippen LogP contribution in [0.2, 0.25) is 0 Å². The van der Waals surface area contributed by atoms with Gasteiger partial charge in [0.2, 0.25) is 0 Å². The summed E-state index contributed by atoms with van der Waals surface area (Å²) < 4.78 is 37.4. The van der Waals surface area contributed by atoms with Gasteiger partial charge in [0.1, 0.15) is 17.3 Å². The van der Waals surface area contributed by atoms with Gasteiger partial charge < -0.3 is 43.7 Å². The fraction of sp³-hybridized carbons (Fsp3) is 0.765. The second-order valence-corrected chi connectivity index (χ2v) is 14.5. The first kappa shape index (κ1) is 32.4. The standard InChI is InChI=1S/C34H47NO11/c1-7-35-16-30(17-41-3)20(37)13-21(42-4)34-25(30)24(44-6)23(27(34)35)32(46-18(2)36)14-22(43-5)31(39)15-33(34,40)26(32)28(31)45-29(38)19-11-9-8-10-12-19/h8-12,20-28,37,39-40H,7,13-17H2,1-6H3/t20-,21+,22+,23+,24+,25-,26-,27?,28-,30+,31+,32+,33+,34-/m1/s1. The van der Waals surface area contributed by atoms with Gasteiger partial charge in [-0.1, -0.05) is 25.1 Å². The summed E-state index contributed by atoms with van der Waals surface area (Å²) in [4.78, 5) is 29.2. The van der Waals surface area contributed by atoms with E-state index in [1.807, 2.05) is 6.92 Å². The Morgan fingerprint density at radius 2 is 1.70 bits per heavy atom. The Morgan fingerprint density at radius 3 is 2.28 bits per heavy atom. The third-order valence-corrected chi connectivity index (χ3v) is 13.2. The van der Waals surface area contributed by atoms with Gasteiger partial charge in [0.05, 0.1) is 48.1 Å². The molecule has 7 bridgehead atoms. The number of fused-ring (bicyclic) bond motifs is 2. The molecule has 12 heteroatoms. The van der Waals surface area contributed by atoms with Crippen molar-refractivity contribution in [1.82, 2.24) is 4.90 Å². The van der Waals surface area contributed by atoms with Gasteiger partial charge in [0, 0.05) is 89.9 Å². The molecule has 1 aromatic carbocycles. The van der Waals surface area contributed by atoms with Gasteiger partial charge in [-0.3, -0.25) is 9.69 Å². The van der Waals surface area contributed by atoms with Crippen LogP contribution in [-0.2, 0) is 33.2 Å². The Balaban J connectivity index is 1.54. The van der Waals surface area contributed by atoms with E-state index in [0.717, 1.165) is 0 Å². The van der Waals surface area contributed by atoms with Gasteiger partial charge >= 0.3 is 11.9 Å². The molecule has 3 N–H and O–H groups in total. The number of ether oxygens (including phenoxy) is 6. The summed E-state index contributed by atoms with van der Waals surface area (Å²) in [5, 5.41) is 38.6. The monoisotopic (exact) mass is 645 g/mol. The number of esters is 2. The Hall–Kier alpha value is -2.16. The summed E-state index contributed by atoms with van der Waals surface area (Å²) in [7, 11) is 6.25. The van der Waals surface area contributed by atoms with Gasteiger partial charge in [-0.2, -0.15) is 0 Å². The molecule has 6 aliphatic rings. The average Bonchev–Trinajstić information content (AvgIpc) is 3.38. The first-order valence-corrected chi connectivity index (χ1v) is 16.3. The number of nitrogens with zero attached hydrogens (tertiary/aromatic N) is 1. The van der Waals surface area contributed by atoms with E-state index >= 15 is 0 Å². The van der Waals surface area contributed by atoms with Crippen molar-refractivity contribution in [3.63, 3.8) is 0 Å². The predicted octanol–water partition coefficient (Wildman–Crippen LogP) is 0.792. The minimum Gasteiger partial charge on any atom is -0.458 e. The lowest BCUT2D eigenvalue weighted by Gasteiger charge is -2.72. The van der Waals surface area contributed by atoms with E-state index in [1.165, 1.54) is 14.0 Å². The van der Waals surface area contributed by atoms with Crippen LogP contribution in [0, 0.1) is 28.6 Å². The third-order valence-electron chi connectivity index (χ3n) is 13.2. The molecule has 0 amide bonds. The molecule has 1 aromatic rings. The summed E-state index contributed by atoms with van der Waals surface area (Å²) >= 11 is 0. The first-order valence-electron chi connectivity index (χ1n) is 16.3. The molecule has 1 spiro atoms. The van der Waals surface area contributed by atoms with E-state index in [2.05, 4.69) is 4.90 Å². The molecule has 6 fully saturated rings. The number of carbonyl (C=O) groups excluding carboxylic acids is 2. The Labute approximate surface area is 269 Å². The SMILES string of the molecule is CCN1C[C@]2(COC)[C@H](O)C[C@H](OC)[C@]34C1[C@H]([C@H](OC)[C@H]23)[C@@]1(OC(C)=O)C[C@H](OC)[C@@]2(O)C[C@]4(O)[C@@H]1[C@H]2OC(=O)c1ccccc1. The second kappa shape index (κ2) is 10.7. The van der Waals surface area contributed by atoms with Gasteiger partial charge in [-0.25, -0.2) is 4.79 Å². The van der Waals surface area contributed by atoms with Gasteiger partial charge in [-0.15, -0.1) is 0 Å². The highest BCUT2D eigenvalue weighted by molar-refractivity contribution is 5.89. The third kappa shape index (κ3) is 3.57. The summed E-state index contributed by atoms with van der Waals surface area (Å²) in [6, 6.07) is 8.02. The normalized spacial score (nSPS) is 49.9. The highest BCUT2D eigenvalue weighted by atomic mass is 16.6. The minimum atomic E-state index is -1.84. The van der Waals surface area contributed by atoms with E-state index in [0.29, 0.717) is 13.1 Å². The van der Waals surface area contributed by atoms with Gasteiger partial charge in [0.15, 0.2) is 0 Å². The molecule has 1 saturated heterocycles. The van der Waals surface area contributed by atoms with Crippen LogP contribution in [-0.4, -0.2) is 134 Å². The number of methoxy groups -OCH3 is 4. The van der Waals surface area contributed by atoms with Crippen LogP contribution in [0.1, 0.15) is 43.5 Å². The largest absolute Gasteiger partial charge is 0.458 e. The molecule has 0 aromatic heterocycles. The quantitative estimate of drug-likeness (QED) is 0.326. The van der Waals surface area contributed by atoms with E-state index in [4.69, 9.17) is 28.4 Å². The second-order valence-electron chi connectivity index (χ2n) is 14.5. The fourth-order valence-corrected chi connectivity index (χ4v) is 12.3. The number of rotatable bonds is 9. The van der Waals surface area contributed by atoms with Gasteiger partial charge in [-0.05, 0) is 18.7 Å². The Morgan fingerprint density at radius 1 is 1.00 bits per heavy atom. The van der Waals surface area contributed by atoms with Crippen molar-refractivity contribution in [3.8, 4) is 0 Å². The van der Waals surface area contributed by atoms with Crippen molar-refractivity contribution in [1.29, 1.82) is 0 Å². The lowest BCUT2D eigenvalue weighted by molar-refractivity contribution is -0.342. The van der Waals surface area contributed by atoms with E-state index in [9.17, 15) is 24.9 Å². The number of likely N-dealkylation sites (tertiary alicyclic amines) is 1. The molecule has 1 aliphatic heterocycles. The molecule has 5 saturated carbocycles. The zero-order valence-electron chi connectivity index (χ0n) is 27.4. The molecule has 0 radical (unpaired) electrons. The summed E-state index contributed by atoms with van der Waals surface area (Å²) in [5.74, 6) is -3.42. The Bertz CT molecular complexity index is 1380. The molecule has 14 atom stereocenters. The summed E-state index contributed by atoms with van der Waals surface area (Å²) in [5.41, 5.74) is -6.93. The lowest BCUT2D eigenvalue weighted by atomic mass is 9.41. The number of piperidine rings is 1. The number of aliphatic hydroxyl groups is 3. The van der Waals surface area contributed by atoms with Crippen LogP contribution in [0.5, 0.6) is 0 Å². The van der Waals surface area contributed by atoms with E-state index < -0.39 is 93.9 Å².